The minimum atomic E-state index is -3.26. The van der Waals surface area contributed by atoms with Gasteiger partial charge in [-0.05, 0) is 33.7 Å². The van der Waals surface area contributed by atoms with Gasteiger partial charge in [0, 0.05) is 52.4 Å². The van der Waals surface area contributed by atoms with E-state index in [0.717, 1.165) is 25.1 Å². The van der Waals surface area contributed by atoms with Gasteiger partial charge in [0.2, 0.25) is 10.0 Å². The summed E-state index contributed by atoms with van der Waals surface area (Å²) in [4.78, 5) is 8.97. The van der Waals surface area contributed by atoms with Crippen LogP contribution in [0, 0.1) is 0 Å². The van der Waals surface area contributed by atoms with Gasteiger partial charge < -0.3 is 19.9 Å². The van der Waals surface area contributed by atoms with Crippen molar-refractivity contribution in [3.63, 3.8) is 0 Å². The van der Waals surface area contributed by atoms with Crippen LogP contribution in [0.1, 0.15) is 39.5 Å². The summed E-state index contributed by atoms with van der Waals surface area (Å²) in [7, 11) is 0.731. The zero-order chi connectivity index (χ0) is 20.6. The molecular formula is C19H39N5O3S. The van der Waals surface area contributed by atoms with Gasteiger partial charge in [0.05, 0.1) is 18.5 Å². The maximum atomic E-state index is 12.5. The van der Waals surface area contributed by atoms with Crippen molar-refractivity contribution in [3.05, 3.63) is 0 Å². The minimum absolute atomic E-state index is 0.0473. The summed E-state index contributed by atoms with van der Waals surface area (Å²) in [6.45, 7) is 8.21. The number of nitrogens with zero attached hydrogens (tertiary/aromatic N) is 4. The van der Waals surface area contributed by atoms with Crippen molar-refractivity contribution in [1.29, 1.82) is 0 Å². The summed E-state index contributed by atoms with van der Waals surface area (Å²) in [5.41, 5.74) is 0. The highest BCUT2D eigenvalue weighted by Crippen LogP contribution is 2.21. The first-order valence-electron chi connectivity index (χ1n) is 10.6. The number of hydrogen-bond acceptors (Lipinski definition) is 5. The molecule has 0 bridgehead atoms. The minimum Gasteiger partial charge on any atom is -0.378 e. The van der Waals surface area contributed by atoms with E-state index in [-0.39, 0.29) is 18.5 Å². The number of nitrogens with one attached hydrogen (secondary N) is 1. The first kappa shape index (κ1) is 23.4. The van der Waals surface area contributed by atoms with Crippen LogP contribution in [0.3, 0.4) is 0 Å². The monoisotopic (exact) mass is 417 g/mol. The Hall–Kier alpha value is -0.900. The summed E-state index contributed by atoms with van der Waals surface area (Å²) in [6.07, 6.45) is 5.37. The van der Waals surface area contributed by atoms with Crippen LogP contribution in [-0.4, -0.2) is 106 Å². The van der Waals surface area contributed by atoms with Crippen LogP contribution in [0.5, 0.6) is 0 Å². The number of guanidine groups is 1. The number of hydrogen-bond donors (Lipinski definition) is 1. The largest absolute Gasteiger partial charge is 0.378 e. The molecule has 1 saturated heterocycles. The Kier molecular flexibility index (Phi) is 9.46. The normalized spacial score (nSPS) is 20.5. The quantitative estimate of drug-likeness (QED) is 0.442. The molecule has 2 fully saturated rings. The molecule has 0 unspecified atom stereocenters. The summed E-state index contributed by atoms with van der Waals surface area (Å²) < 4.78 is 31.9. The molecule has 1 aliphatic heterocycles. The predicted octanol–water partition coefficient (Wildman–Crippen LogP) is 0.809. The lowest BCUT2D eigenvalue weighted by Crippen LogP contribution is -2.54. The maximum absolute atomic E-state index is 12.5. The van der Waals surface area contributed by atoms with Crippen LogP contribution in [0.2, 0.25) is 0 Å². The molecule has 0 aromatic carbocycles. The van der Waals surface area contributed by atoms with Crippen molar-refractivity contribution in [3.8, 4) is 0 Å². The van der Waals surface area contributed by atoms with Gasteiger partial charge in [-0.1, -0.05) is 12.8 Å². The van der Waals surface area contributed by atoms with Crippen molar-refractivity contribution >= 4 is 16.0 Å². The standard InChI is InChI=1S/C19H39N5O3S/c1-17(2)27-15-16-28(25,26)24-13-11-23(12-14-24)19(20-3)21-9-10-22(4)18-7-5-6-8-18/h17-18H,5-16H2,1-4H3,(H,20,21). The van der Waals surface area contributed by atoms with Crippen molar-refractivity contribution < 1.29 is 13.2 Å². The number of piperazine rings is 1. The molecule has 1 saturated carbocycles. The van der Waals surface area contributed by atoms with E-state index in [9.17, 15) is 8.42 Å². The summed E-state index contributed by atoms with van der Waals surface area (Å²) in [5.74, 6) is 0.908. The van der Waals surface area contributed by atoms with Gasteiger partial charge in [-0.3, -0.25) is 4.99 Å². The Bertz CT molecular complexity index is 582. The van der Waals surface area contributed by atoms with Gasteiger partial charge >= 0.3 is 0 Å². The SMILES string of the molecule is CN=C(NCCN(C)C1CCCC1)N1CCN(S(=O)(=O)CCOC(C)C)CC1. The number of sulfonamides is 1. The van der Waals surface area contributed by atoms with Crippen molar-refractivity contribution in [2.75, 3.05) is 65.7 Å². The van der Waals surface area contributed by atoms with E-state index in [1.165, 1.54) is 25.7 Å². The average Bonchev–Trinajstić information content (AvgIpc) is 3.20. The predicted molar refractivity (Wildman–Crippen MR) is 114 cm³/mol. The van der Waals surface area contributed by atoms with Gasteiger partial charge in [-0.25, -0.2) is 8.42 Å². The second-order valence-electron chi connectivity index (χ2n) is 8.01. The Morgan fingerprint density at radius 3 is 2.43 bits per heavy atom. The van der Waals surface area contributed by atoms with Crippen LogP contribution < -0.4 is 5.32 Å². The summed E-state index contributed by atoms with van der Waals surface area (Å²) in [6, 6.07) is 0.720. The lowest BCUT2D eigenvalue weighted by Gasteiger charge is -2.36. The van der Waals surface area contributed by atoms with E-state index >= 15 is 0 Å². The number of ether oxygens (including phenoxy) is 1. The molecule has 0 amide bonds. The molecule has 1 N–H and O–H groups in total. The van der Waals surface area contributed by atoms with Crippen LogP contribution in [0.25, 0.3) is 0 Å². The topological polar surface area (TPSA) is 77.5 Å². The number of rotatable bonds is 9. The van der Waals surface area contributed by atoms with Crippen LogP contribution in [0.4, 0.5) is 0 Å². The van der Waals surface area contributed by atoms with E-state index in [4.69, 9.17) is 4.74 Å². The molecule has 2 rings (SSSR count). The molecule has 1 aliphatic carbocycles. The third kappa shape index (κ3) is 7.17. The first-order valence-corrected chi connectivity index (χ1v) is 12.2. The fourth-order valence-corrected chi connectivity index (χ4v) is 5.18. The van der Waals surface area contributed by atoms with Gasteiger partial charge in [0.1, 0.15) is 0 Å². The fourth-order valence-electron chi connectivity index (χ4n) is 3.90. The zero-order valence-electron chi connectivity index (χ0n) is 18.1. The van der Waals surface area contributed by atoms with E-state index in [1.807, 2.05) is 13.8 Å². The van der Waals surface area contributed by atoms with Gasteiger partial charge in [0.25, 0.3) is 0 Å². The highest BCUT2D eigenvalue weighted by atomic mass is 32.2. The molecule has 0 aromatic rings. The highest BCUT2D eigenvalue weighted by Gasteiger charge is 2.28. The van der Waals surface area contributed by atoms with Crippen molar-refractivity contribution in [2.45, 2.75) is 51.7 Å². The summed E-state index contributed by atoms with van der Waals surface area (Å²) >= 11 is 0. The number of aliphatic imine (C=N–C) groups is 1. The fraction of sp³-hybridized carbons (Fsp3) is 0.947. The van der Waals surface area contributed by atoms with E-state index in [2.05, 4.69) is 27.2 Å². The Balaban J connectivity index is 1.72. The third-order valence-electron chi connectivity index (χ3n) is 5.63. The average molecular weight is 418 g/mol. The molecule has 2 aliphatic rings. The second-order valence-corrected chi connectivity index (χ2v) is 10.1. The molecule has 164 valence electrons. The molecule has 0 radical (unpaired) electrons. The summed E-state index contributed by atoms with van der Waals surface area (Å²) in [5, 5.41) is 3.44. The lowest BCUT2D eigenvalue weighted by molar-refractivity contribution is 0.0904. The van der Waals surface area contributed by atoms with Crippen LogP contribution in [0.15, 0.2) is 4.99 Å². The zero-order valence-corrected chi connectivity index (χ0v) is 18.9. The smallest absolute Gasteiger partial charge is 0.216 e. The van der Waals surface area contributed by atoms with Gasteiger partial charge in [-0.15, -0.1) is 0 Å². The Labute approximate surface area is 171 Å². The van der Waals surface area contributed by atoms with Gasteiger partial charge in [-0.2, -0.15) is 4.31 Å². The van der Waals surface area contributed by atoms with Crippen molar-refractivity contribution in [1.82, 2.24) is 19.4 Å². The van der Waals surface area contributed by atoms with E-state index in [1.54, 1.807) is 11.4 Å². The molecule has 9 heteroatoms. The first-order chi connectivity index (χ1) is 13.3. The molecular weight excluding hydrogens is 378 g/mol. The van der Waals surface area contributed by atoms with Gasteiger partial charge in [0.15, 0.2) is 5.96 Å². The van der Waals surface area contributed by atoms with E-state index in [0.29, 0.717) is 26.2 Å². The molecule has 0 atom stereocenters. The molecule has 0 aromatic heterocycles. The Morgan fingerprint density at radius 2 is 1.86 bits per heavy atom. The number of likely N-dealkylation sites (N-methyl/N-ethyl adjacent to an activating group) is 1. The maximum Gasteiger partial charge on any atom is 0.216 e. The lowest BCUT2D eigenvalue weighted by atomic mass is 10.2. The van der Waals surface area contributed by atoms with Crippen LogP contribution in [-0.2, 0) is 14.8 Å². The molecule has 8 nitrogen and oxygen atoms in total. The second kappa shape index (κ2) is 11.3. The molecule has 1 heterocycles. The van der Waals surface area contributed by atoms with E-state index < -0.39 is 10.0 Å². The Morgan fingerprint density at radius 1 is 1.21 bits per heavy atom. The highest BCUT2D eigenvalue weighted by molar-refractivity contribution is 7.89. The van der Waals surface area contributed by atoms with Crippen LogP contribution >= 0.6 is 0 Å². The third-order valence-corrected chi connectivity index (χ3v) is 7.47. The van der Waals surface area contributed by atoms with Crippen molar-refractivity contribution in [2.24, 2.45) is 4.99 Å². The molecule has 28 heavy (non-hydrogen) atoms. The molecule has 0 spiro atoms.